The molecule has 0 atom stereocenters. The topological polar surface area (TPSA) is 103 Å². The van der Waals surface area contributed by atoms with Crippen molar-refractivity contribution in [1.29, 1.82) is 0 Å². The number of carbonyl (C=O) groups excluding carboxylic acids is 2. The van der Waals surface area contributed by atoms with Crippen molar-refractivity contribution in [2.24, 2.45) is 0 Å². The van der Waals surface area contributed by atoms with E-state index in [-0.39, 0.29) is 24.0 Å². The molecule has 0 saturated carbocycles. The lowest BCUT2D eigenvalue weighted by Crippen LogP contribution is -2.36. The van der Waals surface area contributed by atoms with E-state index in [1.807, 2.05) is 0 Å². The van der Waals surface area contributed by atoms with Crippen LogP contribution in [0, 0.1) is 10.1 Å². The third-order valence-electron chi connectivity index (χ3n) is 4.71. The van der Waals surface area contributed by atoms with E-state index in [2.05, 4.69) is 0 Å². The first-order chi connectivity index (χ1) is 13.5. The number of hydrogen-bond donors (Lipinski definition) is 0. The van der Waals surface area contributed by atoms with Crippen LogP contribution in [0.5, 0.6) is 0 Å². The molecule has 1 fully saturated rings. The molecule has 0 radical (unpaired) electrons. The van der Waals surface area contributed by atoms with Gasteiger partial charge < -0.3 is 14.1 Å². The van der Waals surface area contributed by atoms with Gasteiger partial charge in [-0.15, -0.1) is 0 Å². The fourth-order valence-electron chi connectivity index (χ4n) is 3.14. The Morgan fingerprint density at radius 3 is 2.29 bits per heavy atom. The highest BCUT2D eigenvalue weighted by molar-refractivity contribution is 5.89. The quantitative estimate of drug-likeness (QED) is 0.440. The van der Waals surface area contributed by atoms with Gasteiger partial charge in [0.25, 0.3) is 11.6 Å². The first kappa shape index (κ1) is 19.6. The molecule has 1 amide bonds. The van der Waals surface area contributed by atoms with Gasteiger partial charge in [0.1, 0.15) is 5.76 Å². The van der Waals surface area contributed by atoms with E-state index in [4.69, 9.17) is 9.15 Å². The van der Waals surface area contributed by atoms with E-state index < -0.39 is 10.9 Å². The van der Waals surface area contributed by atoms with Crippen LogP contribution in [0.25, 0.3) is 11.3 Å². The molecule has 1 aromatic heterocycles. The van der Waals surface area contributed by atoms with Gasteiger partial charge in [-0.05, 0) is 37.1 Å². The molecule has 1 aliphatic rings. The van der Waals surface area contributed by atoms with E-state index in [0.29, 0.717) is 24.4 Å². The maximum Gasteiger partial charge on any atom is 0.374 e. The lowest BCUT2D eigenvalue weighted by molar-refractivity contribution is -0.384. The fourth-order valence-corrected chi connectivity index (χ4v) is 3.14. The third kappa shape index (κ3) is 4.97. The molecule has 3 rings (SSSR count). The van der Waals surface area contributed by atoms with Crippen LogP contribution >= 0.6 is 0 Å². The summed E-state index contributed by atoms with van der Waals surface area (Å²) in [6, 6.07) is 8.84. The molecule has 8 nitrogen and oxygen atoms in total. The second-order valence-corrected chi connectivity index (χ2v) is 6.69. The minimum Gasteiger partial charge on any atom is -0.450 e. The number of nitrogens with zero attached hydrogens (tertiary/aromatic N) is 2. The molecule has 0 bridgehead atoms. The number of likely N-dealkylation sites (tertiary alicyclic amines) is 1. The summed E-state index contributed by atoms with van der Waals surface area (Å²) in [6.45, 7) is 1.08. The number of non-ortho nitro benzene ring substituents is 1. The van der Waals surface area contributed by atoms with Crippen LogP contribution < -0.4 is 0 Å². The summed E-state index contributed by atoms with van der Waals surface area (Å²) in [5.74, 6) is -0.545. The molecule has 0 N–H and O–H groups in total. The van der Waals surface area contributed by atoms with Crippen LogP contribution in [0.2, 0.25) is 0 Å². The van der Waals surface area contributed by atoms with Crippen LogP contribution in [0.15, 0.2) is 40.8 Å². The van der Waals surface area contributed by atoms with Gasteiger partial charge in [-0.25, -0.2) is 4.79 Å². The zero-order chi connectivity index (χ0) is 19.9. The minimum atomic E-state index is -0.714. The van der Waals surface area contributed by atoms with E-state index in [0.717, 1.165) is 25.7 Å². The fraction of sp³-hybridized carbons (Fsp3) is 0.400. The molecule has 1 aliphatic heterocycles. The number of furan rings is 1. The van der Waals surface area contributed by atoms with E-state index in [1.54, 1.807) is 11.0 Å². The summed E-state index contributed by atoms with van der Waals surface area (Å²) >= 11 is 0. The SMILES string of the molecule is O=C(OCC(=O)N1CCCCCCC1)c1ccc(-c2ccc([N+](=O)[O-])cc2)o1. The van der Waals surface area contributed by atoms with E-state index >= 15 is 0 Å². The molecule has 2 aromatic rings. The second-order valence-electron chi connectivity index (χ2n) is 6.69. The smallest absolute Gasteiger partial charge is 0.374 e. The first-order valence-corrected chi connectivity index (χ1v) is 9.34. The van der Waals surface area contributed by atoms with E-state index in [9.17, 15) is 19.7 Å². The summed E-state index contributed by atoms with van der Waals surface area (Å²) in [6.07, 6.45) is 5.36. The number of hydrogen-bond acceptors (Lipinski definition) is 6. The molecule has 0 aliphatic carbocycles. The number of amides is 1. The highest BCUT2D eigenvalue weighted by Gasteiger charge is 2.19. The Bertz CT molecular complexity index is 835. The molecular formula is C20H22N2O6. The van der Waals surface area contributed by atoms with E-state index in [1.165, 1.54) is 36.8 Å². The van der Waals surface area contributed by atoms with Crippen molar-refractivity contribution in [1.82, 2.24) is 4.90 Å². The van der Waals surface area contributed by atoms with Crippen molar-refractivity contribution in [2.45, 2.75) is 32.1 Å². The zero-order valence-corrected chi connectivity index (χ0v) is 15.5. The van der Waals surface area contributed by atoms with Crippen molar-refractivity contribution in [3.05, 3.63) is 52.3 Å². The monoisotopic (exact) mass is 386 g/mol. The average molecular weight is 386 g/mol. The Morgan fingerprint density at radius 2 is 1.64 bits per heavy atom. The molecule has 0 unspecified atom stereocenters. The Balaban J connectivity index is 1.56. The Labute approximate surface area is 162 Å². The first-order valence-electron chi connectivity index (χ1n) is 9.34. The number of esters is 1. The summed E-state index contributed by atoms with van der Waals surface area (Å²) in [7, 11) is 0. The number of rotatable bonds is 5. The molecule has 0 spiro atoms. The van der Waals surface area contributed by atoms with Gasteiger partial charge >= 0.3 is 5.97 Å². The number of benzene rings is 1. The minimum absolute atomic E-state index is 0.0196. The van der Waals surface area contributed by atoms with Crippen LogP contribution in [0.3, 0.4) is 0 Å². The van der Waals surface area contributed by atoms with Gasteiger partial charge in [0.15, 0.2) is 6.61 Å². The van der Waals surface area contributed by atoms with Gasteiger partial charge in [0.2, 0.25) is 5.76 Å². The van der Waals surface area contributed by atoms with Crippen molar-refractivity contribution in [3.8, 4) is 11.3 Å². The number of carbonyl (C=O) groups is 2. The summed E-state index contributed by atoms with van der Waals surface area (Å²) in [4.78, 5) is 36.4. The van der Waals surface area contributed by atoms with Crippen molar-refractivity contribution in [2.75, 3.05) is 19.7 Å². The van der Waals surface area contributed by atoms with Gasteiger partial charge in [-0.3, -0.25) is 14.9 Å². The molecule has 1 saturated heterocycles. The van der Waals surface area contributed by atoms with Crippen LogP contribution in [0.4, 0.5) is 5.69 Å². The number of ether oxygens (including phenoxy) is 1. The highest BCUT2D eigenvalue weighted by Crippen LogP contribution is 2.24. The van der Waals surface area contributed by atoms with Crippen molar-refractivity contribution >= 4 is 17.6 Å². The highest BCUT2D eigenvalue weighted by atomic mass is 16.6. The maximum atomic E-state index is 12.3. The van der Waals surface area contributed by atoms with Crippen LogP contribution in [-0.4, -0.2) is 41.4 Å². The lowest BCUT2D eigenvalue weighted by Gasteiger charge is -2.24. The summed E-state index contributed by atoms with van der Waals surface area (Å²) in [5, 5.41) is 10.7. The number of nitro groups is 1. The van der Waals surface area contributed by atoms with Gasteiger partial charge in [0, 0.05) is 30.8 Å². The third-order valence-corrected chi connectivity index (χ3v) is 4.71. The molecule has 2 heterocycles. The maximum absolute atomic E-state index is 12.3. The van der Waals surface area contributed by atoms with Gasteiger partial charge in [0.05, 0.1) is 4.92 Å². The Kier molecular flexibility index (Phi) is 6.41. The Morgan fingerprint density at radius 1 is 1.00 bits per heavy atom. The van der Waals surface area contributed by atoms with Gasteiger partial charge in [-0.1, -0.05) is 19.3 Å². The van der Waals surface area contributed by atoms with Crippen molar-refractivity contribution < 1.29 is 23.7 Å². The normalized spacial score (nSPS) is 14.8. The molecular weight excluding hydrogens is 364 g/mol. The predicted molar refractivity (Wildman–Crippen MR) is 101 cm³/mol. The molecule has 148 valence electrons. The summed E-state index contributed by atoms with van der Waals surface area (Å²) < 4.78 is 10.6. The predicted octanol–water partition coefficient (Wildman–Crippen LogP) is 3.80. The second kappa shape index (κ2) is 9.16. The largest absolute Gasteiger partial charge is 0.450 e. The summed E-state index contributed by atoms with van der Waals surface area (Å²) in [5.41, 5.74) is 0.569. The van der Waals surface area contributed by atoms with Crippen LogP contribution in [-0.2, 0) is 9.53 Å². The lowest BCUT2D eigenvalue weighted by atomic mass is 10.1. The zero-order valence-electron chi connectivity index (χ0n) is 15.5. The average Bonchev–Trinajstić information content (AvgIpc) is 3.16. The van der Waals surface area contributed by atoms with Crippen molar-refractivity contribution in [3.63, 3.8) is 0 Å². The molecule has 28 heavy (non-hydrogen) atoms. The standard InChI is InChI=1S/C20H22N2O6/c23-19(21-12-4-2-1-3-5-13-21)14-27-20(24)18-11-10-17(28-18)15-6-8-16(9-7-15)22(25)26/h6-11H,1-5,12-14H2. The van der Waals surface area contributed by atoms with Gasteiger partial charge in [-0.2, -0.15) is 0 Å². The molecule has 1 aromatic carbocycles. The molecule has 8 heteroatoms. The van der Waals surface area contributed by atoms with Crippen LogP contribution in [0.1, 0.15) is 42.7 Å². The number of nitro benzene ring substituents is 1. The Hall–Kier alpha value is -3.16.